The molecule has 0 aliphatic rings. The number of nitrogen functional groups attached to an aromatic ring is 1. The van der Waals surface area contributed by atoms with Crippen molar-refractivity contribution in [2.75, 3.05) is 17.3 Å². The van der Waals surface area contributed by atoms with Gasteiger partial charge in [-0.1, -0.05) is 6.92 Å². The van der Waals surface area contributed by atoms with Gasteiger partial charge in [0.15, 0.2) is 0 Å². The lowest BCUT2D eigenvalue weighted by atomic mass is 10.1. The Morgan fingerprint density at radius 2 is 1.94 bits per heavy atom. The third-order valence-electron chi connectivity index (χ3n) is 2.71. The molecular formula is C11H21N5O. The third-order valence-corrected chi connectivity index (χ3v) is 2.71. The van der Waals surface area contributed by atoms with E-state index in [4.69, 9.17) is 10.9 Å². The molecule has 1 heterocycles. The van der Waals surface area contributed by atoms with E-state index in [0.717, 1.165) is 17.8 Å². The molecule has 6 nitrogen and oxygen atoms in total. The highest BCUT2D eigenvalue weighted by molar-refractivity contribution is 5.56. The molecule has 0 spiro atoms. The Morgan fingerprint density at radius 1 is 1.29 bits per heavy atom. The van der Waals surface area contributed by atoms with Crippen LogP contribution in [-0.4, -0.2) is 27.7 Å². The summed E-state index contributed by atoms with van der Waals surface area (Å²) in [5.41, 5.74) is 3.44. The summed E-state index contributed by atoms with van der Waals surface area (Å²) in [5.74, 6) is 7.45. The smallest absolute Gasteiger partial charge is 0.148 e. The first-order valence-corrected chi connectivity index (χ1v) is 5.81. The quantitative estimate of drug-likeness (QED) is 0.436. The second kappa shape index (κ2) is 6.36. The van der Waals surface area contributed by atoms with Crippen LogP contribution in [0.15, 0.2) is 0 Å². The number of hydrogen-bond acceptors (Lipinski definition) is 6. The van der Waals surface area contributed by atoms with E-state index in [9.17, 15) is 0 Å². The fourth-order valence-corrected chi connectivity index (χ4v) is 1.64. The normalized spacial score (nSPS) is 12.3. The highest BCUT2D eigenvalue weighted by atomic mass is 16.3. The molecule has 0 saturated heterocycles. The first-order chi connectivity index (χ1) is 8.12. The van der Waals surface area contributed by atoms with Crippen molar-refractivity contribution in [1.29, 1.82) is 0 Å². The summed E-state index contributed by atoms with van der Waals surface area (Å²) < 4.78 is 0. The molecule has 1 unspecified atom stereocenters. The Hall–Kier alpha value is -1.40. The molecule has 17 heavy (non-hydrogen) atoms. The summed E-state index contributed by atoms with van der Waals surface area (Å²) in [6, 6.07) is 0.207. The molecule has 0 saturated carbocycles. The largest absolute Gasteiger partial charge is 0.396 e. The van der Waals surface area contributed by atoms with Crippen LogP contribution in [0.5, 0.6) is 0 Å². The fourth-order valence-electron chi connectivity index (χ4n) is 1.64. The summed E-state index contributed by atoms with van der Waals surface area (Å²) in [7, 11) is 0. The van der Waals surface area contributed by atoms with Crippen LogP contribution in [0.25, 0.3) is 0 Å². The molecule has 0 fully saturated rings. The van der Waals surface area contributed by atoms with Gasteiger partial charge in [-0.05, 0) is 26.7 Å². The van der Waals surface area contributed by atoms with Gasteiger partial charge in [-0.15, -0.1) is 0 Å². The van der Waals surface area contributed by atoms with Crippen LogP contribution >= 0.6 is 0 Å². The van der Waals surface area contributed by atoms with E-state index in [-0.39, 0.29) is 12.6 Å². The topological polar surface area (TPSA) is 96.1 Å². The van der Waals surface area contributed by atoms with Crippen molar-refractivity contribution in [3.8, 4) is 0 Å². The zero-order chi connectivity index (χ0) is 12.8. The third kappa shape index (κ3) is 3.54. The maximum absolute atomic E-state index is 8.97. The van der Waals surface area contributed by atoms with Gasteiger partial charge in [-0.3, -0.25) is 0 Å². The zero-order valence-electron chi connectivity index (χ0n) is 10.6. The number of aromatic nitrogens is 2. The molecule has 0 radical (unpaired) electrons. The fraction of sp³-hybridized carbons (Fsp3) is 0.636. The van der Waals surface area contributed by atoms with Gasteiger partial charge in [-0.25, -0.2) is 15.8 Å². The number of nitrogens with one attached hydrogen (secondary N) is 2. The van der Waals surface area contributed by atoms with Crippen molar-refractivity contribution >= 4 is 11.6 Å². The number of rotatable bonds is 6. The molecule has 1 rings (SSSR count). The first-order valence-electron chi connectivity index (χ1n) is 5.81. The van der Waals surface area contributed by atoms with Gasteiger partial charge in [0.2, 0.25) is 0 Å². The zero-order valence-corrected chi connectivity index (χ0v) is 10.6. The second-order valence-electron chi connectivity index (χ2n) is 4.00. The average molecular weight is 239 g/mol. The van der Waals surface area contributed by atoms with Gasteiger partial charge in [0, 0.05) is 18.2 Å². The predicted molar refractivity (Wildman–Crippen MR) is 68.7 cm³/mol. The highest BCUT2D eigenvalue weighted by Crippen LogP contribution is 2.20. The number of nitrogens with zero attached hydrogens (tertiary/aromatic N) is 2. The van der Waals surface area contributed by atoms with Crippen LogP contribution in [0.2, 0.25) is 0 Å². The predicted octanol–water partition coefficient (Wildman–Crippen LogP) is 0.952. The molecule has 1 atom stereocenters. The van der Waals surface area contributed by atoms with Crippen molar-refractivity contribution in [2.24, 2.45) is 5.84 Å². The van der Waals surface area contributed by atoms with E-state index in [1.54, 1.807) is 0 Å². The molecule has 6 heteroatoms. The maximum atomic E-state index is 8.97. The minimum atomic E-state index is 0.163. The standard InChI is InChI=1S/C11H21N5O/c1-4-9(5-6-17)15-10-7(2)11(16-12)14-8(3)13-10/h9,17H,4-6,12H2,1-3H3,(H2,13,14,15,16). The first kappa shape index (κ1) is 13.7. The van der Waals surface area contributed by atoms with Crippen LogP contribution in [0.4, 0.5) is 11.6 Å². The van der Waals surface area contributed by atoms with Gasteiger partial charge in [-0.2, -0.15) is 0 Å². The van der Waals surface area contributed by atoms with Crippen molar-refractivity contribution in [2.45, 2.75) is 39.7 Å². The van der Waals surface area contributed by atoms with Gasteiger partial charge in [0.05, 0.1) is 0 Å². The molecule has 0 bridgehead atoms. The van der Waals surface area contributed by atoms with Crippen molar-refractivity contribution in [3.63, 3.8) is 0 Å². The van der Waals surface area contributed by atoms with Crippen molar-refractivity contribution < 1.29 is 5.11 Å². The van der Waals surface area contributed by atoms with Crippen molar-refractivity contribution in [3.05, 3.63) is 11.4 Å². The van der Waals surface area contributed by atoms with E-state index < -0.39 is 0 Å². The van der Waals surface area contributed by atoms with E-state index in [2.05, 4.69) is 27.6 Å². The molecular weight excluding hydrogens is 218 g/mol. The molecule has 96 valence electrons. The minimum Gasteiger partial charge on any atom is -0.396 e. The molecule has 0 aliphatic carbocycles. The lowest BCUT2D eigenvalue weighted by molar-refractivity contribution is 0.278. The second-order valence-corrected chi connectivity index (χ2v) is 4.00. The lowest BCUT2D eigenvalue weighted by Gasteiger charge is -2.19. The summed E-state index contributed by atoms with van der Waals surface area (Å²) >= 11 is 0. The molecule has 0 amide bonds. The van der Waals surface area contributed by atoms with Gasteiger partial charge < -0.3 is 15.8 Å². The summed E-state index contributed by atoms with van der Waals surface area (Å²) in [6.07, 6.45) is 1.62. The van der Waals surface area contributed by atoms with Crippen LogP contribution < -0.4 is 16.6 Å². The number of aliphatic hydroxyl groups excluding tert-OH is 1. The summed E-state index contributed by atoms with van der Waals surface area (Å²) in [5, 5.41) is 12.3. The Balaban J connectivity index is 2.92. The van der Waals surface area contributed by atoms with Gasteiger partial charge in [0.25, 0.3) is 0 Å². The van der Waals surface area contributed by atoms with Crippen LogP contribution in [-0.2, 0) is 0 Å². The molecule has 5 N–H and O–H groups in total. The van der Waals surface area contributed by atoms with Crippen LogP contribution in [0, 0.1) is 13.8 Å². The Morgan fingerprint density at radius 3 is 2.47 bits per heavy atom. The van der Waals surface area contributed by atoms with Crippen LogP contribution in [0.3, 0.4) is 0 Å². The van der Waals surface area contributed by atoms with E-state index in [0.29, 0.717) is 18.1 Å². The van der Waals surface area contributed by atoms with E-state index in [1.165, 1.54) is 0 Å². The Labute approximate surface area is 102 Å². The number of hydrazine groups is 1. The van der Waals surface area contributed by atoms with Gasteiger partial charge in [0.1, 0.15) is 17.5 Å². The van der Waals surface area contributed by atoms with E-state index >= 15 is 0 Å². The average Bonchev–Trinajstić information content (AvgIpc) is 2.32. The highest BCUT2D eigenvalue weighted by Gasteiger charge is 2.12. The summed E-state index contributed by atoms with van der Waals surface area (Å²) in [6.45, 7) is 5.95. The SMILES string of the molecule is CCC(CCO)Nc1nc(C)nc(NN)c1C. The van der Waals surface area contributed by atoms with E-state index in [1.807, 2.05) is 13.8 Å². The molecule has 1 aromatic heterocycles. The number of hydrogen-bond donors (Lipinski definition) is 4. The number of aliphatic hydroxyl groups is 1. The monoisotopic (exact) mass is 239 g/mol. The molecule has 1 aromatic rings. The maximum Gasteiger partial charge on any atom is 0.148 e. The summed E-state index contributed by atoms with van der Waals surface area (Å²) in [4.78, 5) is 8.55. The Kier molecular flexibility index (Phi) is 5.11. The minimum absolute atomic E-state index is 0.163. The number of nitrogens with two attached hydrogens (primary N) is 1. The van der Waals surface area contributed by atoms with Gasteiger partial charge >= 0.3 is 0 Å². The Bertz CT molecular complexity index is 369. The molecule has 0 aliphatic heterocycles. The van der Waals surface area contributed by atoms with Crippen LogP contribution in [0.1, 0.15) is 31.2 Å². The van der Waals surface area contributed by atoms with Crippen molar-refractivity contribution in [1.82, 2.24) is 9.97 Å². The number of aryl methyl sites for hydroxylation is 1. The molecule has 0 aromatic carbocycles. The number of anilines is 2. The lowest BCUT2D eigenvalue weighted by Crippen LogP contribution is -2.22.